The molecule has 0 saturated carbocycles. The molecule has 0 unspecified atom stereocenters. The molecule has 0 aliphatic carbocycles. The maximum Gasteiger partial charge on any atom is 0.460 e. The molecule has 0 aliphatic rings. The predicted molar refractivity (Wildman–Crippen MR) is 80.8 cm³/mol. The Morgan fingerprint density at radius 2 is 0.914 bits per heavy atom. The maximum atomic E-state index is 13.6. The van der Waals surface area contributed by atoms with Crippen LogP contribution in [0.25, 0.3) is 0 Å². The van der Waals surface area contributed by atoms with Crippen molar-refractivity contribution in [3.05, 3.63) is 0 Å². The van der Waals surface area contributed by atoms with E-state index in [0.29, 0.717) is 0 Å². The molecule has 212 valence electrons. The second kappa shape index (κ2) is 9.53. The summed E-state index contributed by atoms with van der Waals surface area (Å²) in [4.78, 5) is 0. The Morgan fingerprint density at radius 1 is 0.571 bits per heavy atom. The van der Waals surface area contributed by atoms with Gasteiger partial charge in [0.15, 0.2) is 0 Å². The van der Waals surface area contributed by atoms with Crippen LogP contribution in [0.2, 0.25) is 0 Å². The summed E-state index contributed by atoms with van der Waals surface area (Å²) < 4.78 is 247. The fourth-order valence-corrected chi connectivity index (χ4v) is 3.14. The zero-order valence-electron chi connectivity index (χ0n) is 16.3. The molecular weight excluding hydrogens is 571 g/mol. The lowest BCUT2D eigenvalue weighted by atomic mass is 9.88. The molecule has 0 aromatic rings. The lowest BCUT2D eigenvalue weighted by molar-refractivity contribution is -0.461. The lowest BCUT2D eigenvalue weighted by Gasteiger charge is -2.42. The first-order chi connectivity index (χ1) is 15.0. The summed E-state index contributed by atoms with van der Waals surface area (Å²) in [6.45, 7) is -0.853. The van der Waals surface area contributed by atoms with Crippen LogP contribution in [-0.2, 0) is 10.0 Å². The van der Waals surface area contributed by atoms with Crippen molar-refractivity contribution >= 4 is 10.0 Å². The van der Waals surface area contributed by atoms with Gasteiger partial charge in [-0.15, -0.1) is 0 Å². The average molecular weight is 584 g/mol. The van der Waals surface area contributed by atoms with Gasteiger partial charge in [0.2, 0.25) is 10.0 Å². The molecule has 0 aromatic carbocycles. The van der Waals surface area contributed by atoms with Gasteiger partial charge in [0, 0.05) is 13.0 Å². The summed E-state index contributed by atoms with van der Waals surface area (Å²) in [6.07, 6.45) is -11.1. The highest BCUT2D eigenvalue weighted by Gasteiger charge is 2.95. The molecule has 22 heteroatoms. The van der Waals surface area contributed by atoms with Gasteiger partial charge in [0.25, 0.3) is 0 Å². The zero-order chi connectivity index (χ0) is 28.7. The van der Waals surface area contributed by atoms with E-state index in [9.17, 15) is 83.1 Å². The minimum Gasteiger partial charge on any atom is -0.330 e. The molecule has 0 aromatic heterocycles. The van der Waals surface area contributed by atoms with Crippen LogP contribution in [0.15, 0.2) is 0 Å². The smallest absolute Gasteiger partial charge is 0.330 e. The van der Waals surface area contributed by atoms with Crippen LogP contribution in [0.4, 0.5) is 74.6 Å². The Balaban J connectivity index is 6.35. The molecule has 0 aliphatic heterocycles. The highest BCUT2D eigenvalue weighted by Crippen LogP contribution is 2.64. The number of halogens is 17. The molecule has 0 heterocycles. The number of rotatable bonds is 13. The van der Waals surface area contributed by atoms with Gasteiger partial charge in [-0.05, 0) is 13.0 Å². The molecular formula is C13H13F17N2O2S. The maximum absolute atomic E-state index is 13.6. The third kappa shape index (κ3) is 5.52. The number of hydrogen-bond acceptors (Lipinski definition) is 3. The molecule has 4 nitrogen and oxygen atoms in total. The van der Waals surface area contributed by atoms with E-state index in [4.69, 9.17) is 5.73 Å². The predicted octanol–water partition coefficient (Wildman–Crippen LogP) is 4.65. The van der Waals surface area contributed by atoms with Crippen molar-refractivity contribution in [1.82, 2.24) is 4.72 Å². The van der Waals surface area contributed by atoms with Crippen LogP contribution in [0.3, 0.4) is 0 Å². The normalized spacial score (nSPS) is 16.1. The van der Waals surface area contributed by atoms with E-state index < -0.39 is 76.4 Å². The molecule has 0 radical (unpaired) electrons. The van der Waals surface area contributed by atoms with Gasteiger partial charge >= 0.3 is 47.6 Å². The Labute approximate surface area is 184 Å². The summed E-state index contributed by atoms with van der Waals surface area (Å²) in [6, 6.07) is 0. The number of hydrogen-bond donors (Lipinski definition) is 2. The van der Waals surface area contributed by atoms with Crippen LogP contribution in [0.1, 0.15) is 12.8 Å². The Bertz CT molecular complexity index is 837. The van der Waals surface area contributed by atoms with Crippen LogP contribution in [0, 0.1) is 0 Å². The van der Waals surface area contributed by atoms with Crippen LogP contribution >= 0.6 is 0 Å². The molecule has 0 atom stereocenters. The van der Waals surface area contributed by atoms with Gasteiger partial charge in [-0.1, -0.05) is 0 Å². The summed E-state index contributed by atoms with van der Waals surface area (Å²) in [5, 5.41) is 0. The van der Waals surface area contributed by atoms with E-state index in [1.807, 2.05) is 0 Å². The first kappa shape index (κ1) is 33.7. The molecule has 0 fully saturated rings. The van der Waals surface area contributed by atoms with E-state index in [1.165, 1.54) is 4.72 Å². The molecule has 35 heavy (non-hydrogen) atoms. The SMILES string of the molecule is NCCCNS(=O)(=O)CCC(F)(F)C(F)(F)C(F)(F)C(F)(F)C(F)(F)C(F)(F)C(F)(F)C(F)(F)F. The fraction of sp³-hybridized carbons (Fsp3) is 1.00. The van der Waals surface area contributed by atoms with E-state index in [0.717, 1.165) is 0 Å². The molecule has 0 bridgehead atoms. The number of sulfonamides is 1. The standard InChI is InChI=1S/C13H13F17N2O2S/c14-6(15,2-5-35(33,34)32-4-1-3-31)7(16,17)8(18,19)9(20,21)10(22,23)11(24,25)12(26,27)13(28,29)30/h32H,1-5,31H2. The summed E-state index contributed by atoms with van der Waals surface area (Å²) in [5.41, 5.74) is 4.93. The summed E-state index contributed by atoms with van der Waals surface area (Å²) >= 11 is 0. The van der Waals surface area contributed by atoms with Crippen molar-refractivity contribution in [2.75, 3.05) is 18.8 Å². The van der Waals surface area contributed by atoms with Crippen LogP contribution < -0.4 is 10.5 Å². The van der Waals surface area contributed by atoms with Crippen molar-refractivity contribution in [3.8, 4) is 0 Å². The van der Waals surface area contributed by atoms with Crippen molar-refractivity contribution in [1.29, 1.82) is 0 Å². The molecule has 0 amide bonds. The van der Waals surface area contributed by atoms with E-state index in [-0.39, 0.29) is 13.0 Å². The third-order valence-corrected chi connectivity index (χ3v) is 5.56. The Morgan fingerprint density at radius 3 is 1.26 bits per heavy atom. The zero-order valence-corrected chi connectivity index (χ0v) is 17.1. The van der Waals surface area contributed by atoms with Gasteiger partial charge in [-0.25, -0.2) is 13.1 Å². The molecule has 3 N–H and O–H groups in total. The van der Waals surface area contributed by atoms with Crippen LogP contribution in [-0.4, -0.2) is 74.9 Å². The monoisotopic (exact) mass is 584 g/mol. The summed E-state index contributed by atoms with van der Waals surface area (Å²) in [7, 11) is -5.06. The fourth-order valence-electron chi connectivity index (χ4n) is 2.02. The Kier molecular flexibility index (Phi) is 9.17. The second-order valence-electron chi connectivity index (χ2n) is 6.75. The third-order valence-electron chi connectivity index (χ3n) is 4.17. The highest BCUT2D eigenvalue weighted by atomic mass is 32.2. The van der Waals surface area contributed by atoms with Crippen molar-refractivity contribution in [2.45, 2.75) is 60.5 Å². The van der Waals surface area contributed by atoms with Gasteiger partial charge in [0.1, 0.15) is 0 Å². The Hall–Kier alpha value is -1.32. The van der Waals surface area contributed by atoms with E-state index in [2.05, 4.69) is 0 Å². The minimum atomic E-state index is -8.72. The van der Waals surface area contributed by atoms with E-state index >= 15 is 0 Å². The van der Waals surface area contributed by atoms with E-state index in [1.54, 1.807) is 0 Å². The first-order valence-corrected chi connectivity index (χ1v) is 10.1. The molecule has 0 rings (SSSR count). The lowest BCUT2D eigenvalue weighted by Crippen LogP contribution is -2.74. The molecule has 0 spiro atoms. The first-order valence-electron chi connectivity index (χ1n) is 8.40. The van der Waals surface area contributed by atoms with Gasteiger partial charge in [-0.2, -0.15) is 74.6 Å². The van der Waals surface area contributed by atoms with Crippen molar-refractivity contribution in [3.63, 3.8) is 0 Å². The average Bonchev–Trinajstić information content (AvgIpc) is 2.64. The van der Waals surface area contributed by atoms with Crippen molar-refractivity contribution in [2.24, 2.45) is 5.73 Å². The number of nitrogens with one attached hydrogen (secondary N) is 1. The topological polar surface area (TPSA) is 72.2 Å². The quantitative estimate of drug-likeness (QED) is 0.245. The van der Waals surface area contributed by atoms with Gasteiger partial charge in [0.05, 0.1) is 5.75 Å². The largest absolute Gasteiger partial charge is 0.460 e. The summed E-state index contributed by atoms with van der Waals surface area (Å²) in [5.74, 6) is -59.6. The molecule has 0 saturated heterocycles. The number of nitrogens with two attached hydrogens (primary N) is 1. The van der Waals surface area contributed by atoms with Gasteiger partial charge < -0.3 is 5.73 Å². The van der Waals surface area contributed by atoms with Crippen LogP contribution in [0.5, 0.6) is 0 Å². The minimum absolute atomic E-state index is 0.193. The highest BCUT2D eigenvalue weighted by molar-refractivity contribution is 7.89. The van der Waals surface area contributed by atoms with Crippen molar-refractivity contribution < 1.29 is 83.1 Å². The second-order valence-corrected chi connectivity index (χ2v) is 8.68. The van der Waals surface area contributed by atoms with Gasteiger partial charge in [-0.3, -0.25) is 0 Å². The number of alkyl halides is 17.